The van der Waals surface area contributed by atoms with E-state index in [1.165, 1.54) is 0 Å². The third-order valence-corrected chi connectivity index (χ3v) is 3.02. The van der Waals surface area contributed by atoms with Gasteiger partial charge in [0.1, 0.15) is 17.5 Å². The zero-order valence-corrected chi connectivity index (χ0v) is 10.2. The largest absolute Gasteiger partial charge is 0.497 e. The van der Waals surface area contributed by atoms with E-state index in [9.17, 15) is 0 Å². The van der Waals surface area contributed by atoms with Crippen LogP contribution in [0.25, 0.3) is 0 Å². The van der Waals surface area contributed by atoms with Gasteiger partial charge in [-0.25, -0.2) is 0 Å². The first kappa shape index (κ1) is 12.4. The van der Waals surface area contributed by atoms with Gasteiger partial charge < -0.3 is 19.3 Å². The second-order valence-electron chi connectivity index (χ2n) is 4.44. The van der Waals surface area contributed by atoms with E-state index in [1.54, 1.807) is 7.11 Å². The molecule has 0 saturated carbocycles. The minimum absolute atomic E-state index is 0.0579. The van der Waals surface area contributed by atoms with Gasteiger partial charge in [0.05, 0.1) is 26.9 Å². The molecule has 0 bridgehead atoms. The molecule has 0 aliphatic carbocycles. The Morgan fingerprint density at radius 3 is 2.59 bits per heavy atom. The van der Waals surface area contributed by atoms with Crippen LogP contribution in [-0.4, -0.2) is 37.1 Å². The zero-order valence-electron chi connectivity index (χ0n) is 10.2. The SMILES string of the molecule is COc1ccc(COC[C@]2(C)O[C@H]2CO)cc1. The van der Waals surface area contributed by atoms with Gasteiger partial charge in [-0.1, -0.05) is 12.1 Å². The highest BCUT2D eigenvalue weighted by Gasteiger charge is 2.51. The van der Waals surface area contributed by atoms with E-state index in [1.807, 2.05) is 31.2 Å². The van der Waals surface area contributed by atoms with Crippen LogP contribution in [0.1, 0.15) is 12.5 Å². The topological polar surface area (TPSA) is 51.2 Å². The summed E-state index contributed by atoms with van der Waals surface area (Å²) in [6, 6.07) is 7.76. The number of ether oxygens (including phenoxy) is 3. The molecule has 17 heavy (non-hydrogen) atoms. The van der Waals surface area contributed by atoms with Crippen molar-refractivity contribution in [2.45, 2.75) is 25.2 Å². The predicted octanol–water partition coefficient (Wildman–Crippen LogP) is 1.36. The molecule has 1 aliphatic rings. The smallest absolute Gasteiger partial charge is 0.118 e. The summed E-state index contributed by atoms with van der Waals surface area (Å²) >= 11 is 0. The van der Waals surface area contributed by atoms with Crippen LogP contribution in [-0.2, 0) is 16.1 Å². The molecule has 0 aromatic heterocycles. The first-order chi connectivity index (χ1) is 8.18. The summed E-state index contributed by atoms with van der Waals surface area (Å²) in [5.41, 5.74) is 0.789. The summed E-state index contributed by atoms with van der Waals surface area (Å²) in [4.78, 5) is 0. The Labute approximate surface area is 101 Å². The van der Waals surface area contributed by atoms with Gasteiger partial charge in [-0.2, -0.15) is 0 Å². The van der Waals surface area contributed by atoms with E-state index < -0.39 is 0 Å². The fraction of sp³-hybridized carbons (Fsp3) is 0.538. The Balaban J connectivity index is 1.75. The Morgan fingerprint density at radius 1 is 1.35 bits per heavy atom. The van der Waals surface area contributed by atoms with Crippen LogP contribution in [0.2, 0.25) is 0 Å². The van der Waals surface area contributed by atoms with Crippen LogP contribution in [0.15, 0.2) is 24.3 Å². The average Bonchev–Trinajstić information content (AvgIpc) is 3.01. The van der Waals surface area contributed by atoms with Gasteiger partial charge in [-0.05, 0) is 24.6 Å². The molecule has 4 heteroatoms. The molecule has 1 aromatic carbocycles. The fourth-order valence-corrected chi connectivity index (χ4v) is 1.74. The Kier molecular flexibility index (Phi) is 3.66. The van der Waals surface area contributed by atoms with Crippen molar-refractivity contribution < 1.29 is 19.3 Å². The van der Waals surface area contributed by atoms with Gasteiger partial charge in [-0.15, -0.1) is 0 Å². The summed E-state index contributed by atoms with van der Waals surface area (Å²) in [7, 11) is 1.64. The minimum atomic E-state index is -0.304. The van der Waals surface area contributed by atoms with Crippen molar-refractivity contribution in [2.24, 2.45) is 0 Å². The van der Waals surface area contributed by atoms with Crippen molar-refractivity contribution in [1.29, 1.82) is 0 Å². The number of methoxy groups -OCH3 is 1. The fourth-order valence-electron chi connectivity index (χ4n) is 1.74. The standard InChI is InChI=1S/C13H18O4/c1-13(12(7-14)17-13)9-16-8-10-3-5-11(15-2)6-4-10/h3-6,12,14H,7-9H2,1-2H3/t12-,13-/m0/s1. The molecule has 4 nitrogen and oxygen atoms in total. The molecule has 1 N–H and O–H groups in total. The molecule has 2 atom stereocenters. The maximum atomic E-state index is 8.92. The van der Waals surface area contributed by atoms with Crippen molar-refractivity contribution in [3.8, 4) is 5.75 Å². The van der Waals surface area contributed by atoms with E-state index in [-0.39, 0.29) is 18.3 Å². The van der Waals surface area contributed by atoms with Crippen molar-refractivity contribution >= 4 is 0 Å². The number of hydrogen-bond donors (Lipinski definition) is 1. The lowest BCUT2D eigenvalue weighted by Crippen LogP contribution is -2.20. The van der Waals surface area contributed by atoms with Crippen LogP contribution >= 0.6 is 0 Å². The number of epoxide rings is 1. The Bertz CT molecular complexity index is 362. The van der Waals surface area contributed by atoms with Gasteiger partial charge in [0, 0.05) is 0 Å². The first-order valence-corrected chi connectivity index (χ1v) is 5.67. The quantitative estimate of drug-likeness (QED) is 0.760. The number of benzene rings is 1. The maximum absolute atomic E-state index is 8.92. The second-order valence-corrected chi connectivity index (χ2v) is 4.44. The van der Waals surface area contributed by atoms with Crippen molar-refractivity contribution in [3.63, 3.8) is 0 Å². The summed E-state index contributed by atoms with van der Waals surface area (Å²) in [5.74, 6) is 0.839. The molecular weight excluding hydrogens is 220 g/mol. The molecule has 0 radical (unpaired) electrons. The molecule has 1 aromatic rings. The van der Waals surface area contributed by atoms with Gasteiger partial charge in [0.2, 0.25) is 0 Å². The molecule has 2 rings (SSSR count). The molecular formula is C13H18O4. The minimum Gasteiger partial charge on any atom is -0.497 e. The van der Waals surface area contributed by atoms with E-state index in [4.69, 9.17) is 19.3 Å². The van der Waals surface area contributed by atoms with Crippen LogP contribution in [0, 0.1) is 0 Å². The van der Waals surface area contributed by atoms with Gasteiger partial charge >= 0.3 is 0 Å². The van der Waals surface area contributed by atoms with Gasteiger partial charge in [0.15, 0.2) is 0 Å². The van der Waals surface area contributed by atoms with Gasteiger partial charge in [-0.3, -0.25) is 0 Å². The Hall–Kier alpha value is -1.10. The Morgan fingerprint density at radius 2 is 2.06 bits per heavy atom. The summed E-state index contributed by atoms with van der Waals surface area (Å²) in [6.07, 6.45) is -0.0710. The van der Waals surface area contributed by atoms with Crippen LogP contribution < -0.4 is 4.74 Å². The monoisotopic (exact) mass is 238 g/mol. The lowest BCUT2D eigenvalue weighted by atomic mass is 10.1. The predicted molar refractivity (Wildman–Crippen MR) is 63.0 cm³/mol. The highest BCUT2D eigenvalue weighted by Crippen LogP contribution is 2.35. The molecule has 0 amide bonds. The molecule has 0 unspecified atom stereocenters. The molecule has 0 spiro atoms. The average molecular weight is 238 g/mol. The van der Waals surface area contributed by atoms with Gasteiger partial charge in [0.25, 0.3) is 0 Å². The normalized spacial score (nSPS) is 26.9. The van der Waals surface area contributed by atoms with Crippen molar-refractivity contribution in [3.05, 3.63) is 29.8 Å². The lowest BCUT2D eigenvalue weighted by molar-refractivity contribution is 0.0742. The molecule has 1 heterocycles. The number of rotatable bonds is 6. The summed E-state index contributed by atoms with van der Waals surface area (Å²) in [6.45, 7) is 3.05. The van der Waals surface area contributed by atoms with Crippen molar-refractivity contribution in [2.75, 3.05) is 20.3 Å². The highest BCUT2D eigenvalue weighted by molar-refractivity contribution is 5.26. The third kappa shape index (κ3) is 2.97. The zero-order chi connectivity index (χ0) is 12.3. The van der Waals surface area contributed by atoms with Crippen molar-refractivity contribution in [1.82, 2.24) is 0 Å². The first-order valence-electron chi connectivity index (χ1n) is 5.67. The highest BCUT2D eigenvalue weighted by atomic mass is 16.6. The molecule has 1 fully saturated rings. The summed E-state index contributed by atoms with van der Waals surface area (Å²) < 4.78 is 16.0. The molecule has 1 saturated heterocycles. The third-order valence-electron chi connectivity index (χ3n) is 3.02. The van der Waals surface area contributed by atoms with E-state index in [0.717, 1.165) is 11.3 Å². The van der Waals surface area contributed by atoms with E-state index in [0.29, 0.717) is 13.2 Å². The van der Waals surface area contributed by atoms with Crippen LogP contribution in [0.5, 0.6) is 5.75 Å². The van der Waals surface area contributed by atoms with E-state index >= 15 is 0 Å². The van der Waals surface area contributed by atoms with Crippen LogP contribution in [0.3, 0.4) is 0 Å². The molecule has 94 valence electrons. The molecule has 1 aliphatic heterocycles. The second kappa shape index (κ2) is 5.04. The number of aliphatic hydroxyl groups excluding tert-OH is 1. The van der Waals surface area contributed by atoms with E-state index in [2.05, 4.69) is 0 Å². The lowest BCUT2D eigenvalue weighted by Gasteiger charge is -2.08. The summed E-state index contributed by atoms with van der Waals surface area (Å²) in [5, 5.41) is 8.92. The number of hydrogen-bond acceptors (Lipinski definition) is 4. The number of aliphatic hydroxyl groups is 1. The maximum Gasteiger partial charge on any atom is 0.118 e. The van der Waals surface area contributed by atoms with Crippen LogP contribution in [0.4, 0.5) is 0 Å².